The minimum absolute atomic E-state index is 0.143. The van der Waals surface area contributed by atoms with E-state index in [0.29, 0.717) is 38.7 Å². The van der Waals surface area contributed by atoms with Gasteiger partial charge in [-0.05, 0) is 36.1 Å². The summed E-state index contributed by atoms with van der Waals surface area (Å²) in [6.45, 7) is 10.7. The van der Waals surface area contributed by atoms with Gasteiger partial charge in [-0.15, -0.1) is 0 Å². The summed E-state index contributed by atoms with van der Waals surface area (Å²) < 4.78 is 2.11. The minimum Gasteiger partial charge on any atom is -0.353 e. The van der Waals surface area contributed by atoms with Gasteiger partial charge in [0.2, 0.25) is 0 Å². The maximum Gasteiger partial charge on any atom is 0.267 e. The summed E-state index contributed by atoms with van der Waals surface area (Å²) in [5.41, 5.74) is 3.11. The molecule has 9 heteroatoms. The van der Waals surface area contributed by atoms with E-state index >= 15 is 0 Å². The number of pyridine rings is 1. The summed E-state index contributed by atoms with van der Waals surface area (Å²) in [5.74, 6) is 0.777. The molecule has 5 rings (SSSR count). The van der Waals surface area contributed by atoms with Crippen molar-refractivity contribution < 1.29 is 4.79 Å². The monoisotopic (exact) mass is 533 g/mol. The third-order valence-electron chi connectivity index (χ3n) is 6.60. The zero-order chi connectivity index (χ0) is 26.1. The zero-order valence-electron chi connectivity index (χ0n) is 21.4. The number of carbonyl (C=O) groups is 1. The van der Waals surface area contributed by atoms with Crippen LogP contribution in [-0.2, 0) is 11.3 Å². The Balaban J connectivity index is 1.48. The number of nitrogens with zero attached hydrogens (tertiary/aromatic N) is 5. The van der Waals surface area contributed by atoms with Crippen molar-refractivity contribution in [2.45, 2.75) is 27.3 Å². The first kappa shape index (κ1) is 25.6. The van der Waals surface area contributed by atoms with E-state index in [1.807, 2.05) is 25.1 Å². The van der Waals surface area contributed by atoms with Crippen molar-refractivity contribution in [2.75, 3.05) is 37.6 Å². The topological polar surface area (TPSA) is 61.2 Å². The average Bonchev–Trinajstić information content (AvgIpc) is 3.14. The van der Waals surface area contributed by atoms with Crippen LogP contribution in [0.1, 0.15) is 30.5 Å². The zero-order valence-corrected chi connectivity index (χ0v) is 23.0. The fourth-order valence-electron chi connectivity index (χ4n) is 4.73. The first-order valence-electron chi connectivity index (χ1n) is 12.6. The first-order chi connectivity index (χ1) is 17.8. The van der Waals surface area contributed by atoms with Gasteiger partial charge in [0.15, 0.2) is 0 Å². The van der Waals surface area contributed by atoms with Gasteiger partial charge in [0, 0.05) is 45.5 Å². The molecule has 37 heavy (non-hydrogen) atoms. The molecule has 2 aromatic heterocycles. The largest absolute Gasteiger partial charge is 0.353 e. The molecular weight excluding hydrogens is 502 g/mol. The Morgan fingerprint density at radius 2 is 1.78 bits per heavy atom. The summed E-state index contributed by atoms with van der Waals surface area (Å²) in [6, 6.07) is 14.3. The summed E-state index contributed by atoms with van der Waals surface area (Å²) in [4.78, 5) is 38.6. The summed E-state index contributed by atoms with van der Waals surface area (Å²) >= 11 is 6.75. The molecule has 2 fully saturated rings. The highest BCUT2D eigenvalue weighted by Crippen LogP contribution is 2.34. The molecule has 2 aliphatic rings. The van der Waals surface area contributed by atoms with Gasteiger partial charge in [-0.3, -0.25) is 23.8 Å². The van der Waals surface area contributed by atoms with E-state index < -0.39 is 0 Å². The molecule has 0 radical (unpaired) electrons. The van der Waals surface area contributed by atoms with Crippen LogP contribution in [0, 0.1) is 12.8 Å². The molecule has 0 atom stereocenters. The lowest BCUT2D eigenvalue weighted by molar-refractivity contribution is -0.122. The molecule has 0 bridgehead atoms. The lowest BCUT2D eigenvalue weighted by Gasteiger charge is -2.36. The predicted octanol–water partition coefficient (Wildman–Crippen LogP) is 4.18. The number of fused-ring (bicyclic) bond motifs is 1. The molecule has 2 aliphatic heterocycles. The number of hydrogen-bond acceptors (Lipinski definition) is 7. The van der Waals surface area contributed by atoms with Gasteiger partial charge in [0.25, 0.3) is 11.5 Å². The quantitative estimate of drug-likeness (QED) is 0.348. The molecule has 0 spiro atoms. The number of piperazine rings is 1. The van der Waals surface area contributed by atoms with E-state index in [0.717, 1.165) is 38.3 Å². The van der Waals surface area contributed by atoms with Gasteiger partial charge >= 0.3 is 0 Å². The molecule has 4 heterocycles. The van der Waals surface area contributed by atoms with Crippen molar-refractivity contribution in [3.8, 4) is 0 Å². The lowest BCUT2D eigenvalue weighted by atomic mass is 10.1. The number of carbonyl (C=O) groups excluding carboxylic acids is 1. The Morgan fingerprint density at radius 1 is 1.05 bits per heavy atom. The Labute approximate surface area is 226 Å². The van der Waals surface area contributed by atoms with E-state index in [4.69, 9.17) is 17.2 Å². The maximum absolute atomic E-state index is 13.8. The highest BCUT2D eigenvalue weighted by molar-refractivity contribution is 8.26. The van der Waals surface area contributed by atoms with Crippen molar-refractivity contribution >= 4 is 51.7 Å². The SMILES string of the molecule is Cc1ccc2nc(N3CCN(Cc4ccccc4)CC3)c(/C=C3/SC(=S)N(CC(C)C)C3=O)c(=O)n2c1. The number of thioether (sulfide) groups is 1. The molecule has 0 N–H and O–H groups in total. The normalized spacial score (nSPS) is 18.1. The van der Waals surface area contributed by atoms with Crippen LogP contribution in [0.5, 0.6) is 0 Å². The van der Waals surface area contributed by atoms with Crippen LogP contribution in [0.3, 0.4) is 0 Å². The molecule has 2 saturated heterocycles. The number of aryl methyl sites for hydroxylation is 1. The van der Waals surface area contributed by atoms with Crippen LogP contribution in [0.4, 0.5) is 5.82 Å². The third kappa shape index (κ3) is 5.49. The Hall–Kier alpha value is -3.01. The molecule has 0 unspecified atom stereocenters. The van der Waals surface area contributed by atoms with E-state index in [-0.39, 0.29) is 11.5 Å². The fraction of sp³-hybridized carbons (Fsp3) is 0.357. The summed E-state index contributed by atoms with van der Waals surface area (Å²) in [5, 5.41) is 0. The molecule has 0 aliphatic carbocycles. The molecule has 3 aromatic rings. The molecule has 192 valence electrons. The van der Waals surface area contributed by atoms with Crippen molar-refractivity contribution in [3.63, 3.8) is 0 Å². The van der Waals surface area contributed by atoms with Gasteiger partial charge in [-0.1, -0.05) is 74.2 Å². The number of amides is 1. The number of hydrogen-bond donors (Lipinski definition) is 0. The number of thiocarbonyl (C=S) groups is 1. The van der Waals surface area contributed by atoms with Crippen molar-refractivity contribution in [2.24, 2.45) is 5.92 Å². The minimum atomic E-state index is -0.176. The predicted molar refractivity (Wildman–Crippen MR) is 155 cm³/mol. The summed E-state index contributed by atoms with van der Waals surface area (Å²) in [6.07, 6.45) is 3.50. The Kier molecular flexibility index (Phi) is 7.46. The number of aromatic nitrogens is 2. The molecule has 0 saturated carbocycles. The lowest BCUT2D eigenvalue weighted by Crippen LogP contribution is -2.47. The Bertz CT molecular complexity index is 1430. The van der Waals surface area contributed by atoms with Gasteiger partial charge in [-0.2, -0.15) is 0 Å². The van der Waals surface area contributed by atoms with Crippen LogP contribution in [0.15, 0.2) is 58.4 Å². The van der Waals surface area contributed by atoms with E-state index in [9.17, 15) is 9.59 Å². The van der Waals surface area contributed by atoms with Gasteiger partial charge in [0.1, 0.15) is 15.8 Å². The second-order valence-corrected chi connectivity index (χ2v) is 11.7. The van der Waals surface area contributed by atoms with Crippen LogP contribution >= 0.6 is 24.0 Å². The standard InChI is InChI=1S/C28H31N5O2S2/c1-19(2)16-33-27(35)23(37-28(33)36)15-22-25(29-24-10-9-20(3)17-32(24)26(22)34)31-13-11-30(12-14-31)18-21-7-5-4-6-8-21/h4-10,15,17,19H,11-14,16,18H2,1-3H3/b23-15+. The highest BCUT2D eigenvalue weighted by Gasteiger charge is 2.33. The highest BCUT2D eigenvalue weighted by atomic mass is 32.2. The number of anilines is 1. The number of rotatable bonds is 6. The van der Waals surface area contributed by atoms with Crippen molar-refractivity contribution in [3.05, 3.63) is 80.6 Å². The molecule has 1 aromatic carbocycles. The van der Waals surface area contributed by atoms with Crippen LogP contribution in [-0.4, -0.2) is 62.1 Å². The smallest absolute Gasteiger partial charge is 0.267 e. The van der Waals surface area contributed by atoms with Gasteiger partial charge in [-0.25, -0.2) is 4.98 Å². The molecule has 7 nitrogen and oxygen atoms in total. The van der Waals surface area contributed by atoms with Gasteiger partial charge in [0.05, 0.1) is 10.5 Å². The van der Waals surface area contributed by atoms with Gasteiger partial charge < -0.3 is 4.90 Å². The number of benzene rings is 1. The second-order valence-electron chi connectivity index (χ2n) is 10.0. The van der Waals surface area contributed by atoms with E-state index in [1.54, 1.807) is 21.6 Å². The van der Waals surface area contributed by atoms with Crippen LogP contribution in [0.2, 0.25) is 0 Å². The molecule has 1 amide bonds. The van der Waals surface area contributed by atoms with Crippen molar-refractivity contribution in [1.82, 2.24) is 19.2 Å². The first-order valence-corrected chi connectivity index (χ1v) is 13.8. The average molecular weight is 534 g/mol. The Morgan fingerprint density at radius 3 is 2.49 bits per heavy atom. The summed E-state index contributed by atoms with van der Waals surface area (Å²) in [7, 11) is 0. The van der Waals surface area contributed by atoms with E-state index in [1.165, 1.54) is 17.3 Å². The van der Waals surface area contributed by atoms with Crippen molar-refractivity contribution in [1.29, 1.82) is 0 Å². The van der Waals surface area contributed by atoms with Crippen LogP contribution in [0.25, 0.3) is 11.7 Å². The maximum atomic E-state index is 13.8. The fourth-order valence-corrected chi connectivity index (χ4v) is 5.98. The van der Waals surface area contributed by atoms with E-state index in [2.05, 4.69) is 47.9 Å². The second kappa shape index (κ2) is 10.8. The van der Waals surface area contributed by atoms with Crippen LogP contribution < -0.4 is 10.5 Å². The molecular formula is C28H31N5O2S2. The third-order valence-corrected chi connectivity index (χ3v) is 7.98.